The lowest BCUT2D eigenvalue weighted by molar-refractivity contribution is 0.814. The molecule has 0 aromatic heterocycles. The van der Waals surface area contributed by atoms with E-state index in [0.717, 1.165) is 0 Å². The lowest BCUT2D eigenvalue weighted by atomic mass is 10.3. The molecule has 0 bridgehead atoms. The summed E-state index contributed by atoms with van der Waals surface area (Å²) in [6, 6.07) is 0.0278. The van der Waals surface area contributed by atoms with Crippen LogP contribution in [-0.2, 0) is 0 Å². The zero-order chi connectivity index (χ0) is 5.70. The van der Waals surface area contributed by atoms with Gasteiger partial charge in [-0.05, 0) is 7.05 Å². The third-order valence-electron chi connectivity index (χ3n) is 0.726. The maximum absolute atomic E-state index is 5.01. The van der Waals surface area contributed by atoms with Crippen LogP contribution in [-0.4, -0.2) is 13.1 Å². The lowest BCUT2D eigenvalue weighted by Crippen LogP contribution is -2.19. The molecular formula is C6H9N. The van der Waals surface area contributed by atoms with Crippen molar-refractivity contribution in [3.63, 3.8) is 0 Å². The number of rotatable bonds is 2. The van der Waals surface area contributed by atoms with Crippen molar-refractivity contribution in [1.29, 1.82) is 0 Å². The molecule has 38 valence electrons. The molecule has 1 heteroatoms. The van der Waals surface area contributed by atoms with Crippen molar-refractivity contribution in [1.82, 2.24) is 5.32 Å². The summed E-state index contributed by atoms with van der Waals surface area (Å²) in [6.07, 6.45) is 6.69. The molecule has 0 aliphatic heterocycles. The summed E-state index contributed by atoms with van der Waals surface area (Å²) in [7, 11) is 1.80. The first kappa shape index (κ1) is 6.26. The predicted molar refractivity (Wildman–Crippen MR) is 31.9 cm³/mol. The van der Waals surface area contributed by atoms with Crippen LogP contribution in [0.2, 0.25) is 0 Å². The van der Waals surface area contributed by atoms with Crippen LogP contribution in [0, 0.1) is 12.3 Å². The van der Waals surface area contributed by atoms with E-state index in [1.54, 1.807) is 13.1 Å². The first-order chi connectivity index (χ1) is 3.35. The molecule has 1 atom stereocenters. The van der Waals surface area contributed by atoms with Crippen molar-refractivity contribution < 1.29 is 0 Å². The highest BCUT2D eigenvalue weighted by Gasteiger charge is 1.86. The number of terminal acetylenes is 1. The third-order valence-corrected chi connectivity index (χ3v) is 0.726. The Balaban J connectivity index is 3.43. The fourth-order valence-corrected chi connectivity index (χ4v) is 0.269. The van der Waals surface area contributed by atoms with E-state index < -0.39 is 0 Å². The van der Waals surface area contributed by atoms with Crippen LogP contribution in [0.1, 0.15) is 0 Å². The average molecular weight is 95.1 g/mol. The second-order valence-electron chi connectivity index (χ2n) is 1.17. The molecule has 0 saturated carbocycles. The average Bonchev–Trinajstić information content (AvgIpc) is 1.72. The first-order valence-electron chi connectivity index (χ1n) is 2.11. The topological polar surface area (TPSA) is 12.0 Å². The van der Waals surface area contributed by atoms with Gasteiger partial charge in [-0.3, -0.25) is 0 Å². The minimum absolute atomic E-state index is 0.0278. The van der Waals surface area contributed by atoms with Gasteiger partial charge in [-0.25, -0.2) is 0 Å². The van der Waals surface area contributed by atoms with Gasteiger partial charge in [-0.15, -0.1) is 13.0 Å². The number of nitrogens with one attached hydrogen (secondary N) is 1. The highest BCUT2D eigenvalue weighted by atomic mass is 14.8. The predicted octanol–water partition coefficient (Wildman–Crippen LogP) is 0.394. The highest BCUT2D eigenvalue weighted by molar-refractivity contribution is 5.07. The molecular weight excluding hydrogens is 86.1 g/mol. The van der Waals surface area contributed by atoms with Crippen LogP contribution in [0.15, 0.2) is 12.7 Å². The van der Waals surface area contributed by atoms with Crippen molar-refractivity contribution in [2.24, 2.45) is 0 Å². The largest absolute Gasteiger partial charge is 0.304 e. The first-order valence-corrected chi connectivity index (χ1v) is 2.11. The molecule has 0 saturated heterocycles. The number of hydrogen-bond donors (Lipinski definition) is 1. The quantitative estimate of drug-likeness (QED) is 0.386. The Morgan fingerprint density at radius 1 is 2.00 bits per heavy atom. The van der Waals surface area contributed by atoms with Crippen LogP contribution in [0.25, 0.3) is 0 Å². The summed E-state index contributed by atoms with van der Waals surface area (Å²) in [4.78, 5) is 0. The summed E-state index contributed by atoms with van der Waals surface area (Å²) in [5.74, 6) is 2.47. The molecule has 0 aliphatic carbocycles. The van der Waals surface area contributed by atoms with Crippen molar-refractivity contribution in [2.75, 3.05) is 7.05 Å². The normalized spacial score (nSPS) is 12.0. The van der Waals surface area contributed by atoms with Gasteiger partial charge in [-0.2, -0.15) is 0 Å². The molecule has 0 aliphatic rings. The van der Waals surface area contributed by atoms with Crippen molar-refractivity contribution >= 4 is 0 Å². The van der Waals surface area contributed by atoms with E-state index in [-0.39, 0.29) is 6.04 Å². The monoisotopic (exact) mass is 95.1 g/mol. The Labute approximate surface area is 44.4 Å². The molecule has 0 spiro atoms. The van der Waals surface area contributed by atoms with Crippen LogP contribution in [0.5, 0.6) is 0 Å². The van der Waals surface area contributed by atoms with Gasteiger partial charge >= 0.3 is 0 Å². The van der Waals surface area contributed by atoms with E-state index in [0.29, 0.717) is 0 Å². The van der Waals surface area contributed by atoms with E-state index in [4.69, 9.17) is 6.42 Å². The van der Waals surface area contributed by atoms with Gasteiger partial charge in [0.05, 0.1) is 6.04 Å². The maximum Gasteiger partial charge on any atom is 0.0868 e. The van der Waals surface area contributed by atoms with Crippen LogP contribution < -0.4 is 5.32 Å². The molecule has 1 unspecified atom stereocenters. The zero-order valence-electron chi connectivity index (χ0n) is 4.44. The Morgan fingerprint density at radius 3 is 2.57 bits per heavy atom. The minimum atomic E-state index is 0.0278. The Bertz CT molecular complexity index is 88.8. The molecule has 0 aromatic carbocycles. The molecule has 0 fully saturated rings. The second-order valence-corrected chi connectivity index (χ2v) is 1.17. The molecule has 1 nitrogen and oxygen atoms in total. The Hall–Kier alpha value is -0.740. The van der Waals surface area contributed by atoms with Gasteiger partial charge in [0.15, 0.2) is 0 Å². The van der Waals surface area contributed by atoms with Crippen molar-refractivity contribution in [2.45, 2.75) is 6.04 Å². The Morgan fingerprint density at radius 2 is 2.57 bits per heavy atom. The van der Waals surface area contributed by atoms with Crippen LogP contribution in [0.3, 0.4) is 0 Å². The highest BCUT2D eigenvalue weighted by Crippen LogP contribution is 1.75. The van der Waals surface area contributed by atoms with Crippen LogP contribution in [0.4, 0.5) is 0 Å². The Kier molecular flexibility index (Phi) is 3.09. The molecule has 0 rings (SSSR count). The molecule has 0 heterocycles. The SMILES string of the molecule is C#CC(C=C)NC. The van der Waals surface area contributed by atoms with E-state index in [2.05, 4.69) is 17.8 Å². The van der Waals surface area contributed by atoms with Gasteiger partial charge in [-0.1, -0.05) is 12.0 Å². The number of hydrogen-bond acceptors (Lipinski definition) is 1. The van der Waals surface area contributed by atoms with Gasteiger partial charge < -0.3 is 5.32 Å². The molecule has 0 radical (unpaired) electrons. The van der Waals surface area contributed by atoms with Crippen LogP contribution >= 0.6 is 0 Å². The summed E-state index contributed by atoms with van der Waals surface area (Å²) in [6.45, 7) is 3.50. The van der Waals surface area contributed by atoms with Crippen molar-refractivity contribution in [3.05, 3.63) is 12.7 Å². The van der Waals surface area contributed by atoms with Gasteiger partial charge in [0, 0.05) is 0 Å². The van der Waals surface area contributed by atoms with Crippen molar-refractivity contribution in [3.8, 4) is 12.3 Å². The van der Waals surface area contributed by atoms with E-state index in [9.17, 15) is 0 Å². The maximum atomic E-state index is 5.01. The number of likely N-dealkylation sites (N-methyl/N-ethyl adjacent to an activating group) is 1. The molecule has 7 heavy (non-hydrogen) atoms. The molecule has 0 amide bonds. The molecule has 0 aromatic rings. The second kappa shape index (κ2) is 3.45. The zero-order valence-corrected chi connectivity index (χ0v) is 4.44. The summed E-state index contributed by atoms with van der Waals surface area (Å²) < 4.78 is 0. The summed E-state index contributed by atoms with van der Waals surface area (Å²) in [5, 5.41) is 2.85. The standard InChI is InChI=1S/C6H9N/c1-4-6(5-2)7-3/h1,5-7H,2H2,3H3. The van der Waals surface area contributed by atoms with Gasteiger partial charge in [0.1, 0.15) is 0 Å². The fourth-order valence-electron chi connectivity index (χ4n) is 0.269. The fraction of sp³-hybridized carbons (Fsp3) is 0.333. The summed E-state index contributed by atoms with van der Waals surface area (Å²) in [5.41, 5.74) is 0. The summed E-state index contributed by atoms with van der Waals surface area (Å²) >= 11 is 0. The van der Waals surface area contributed by atoms with Gasteiger partial charge in [0.2, 0.25) is 0 Å². The third kappa shape index (κ3) is 2.02. The van der Waals surface area contributed by atoms with E-state index >= 15 is 0 Å². The van der Waals surface area contributed by atoms with E-state index in [1.807, 2.05) is 0 Å². The van der Waals surface area contributed by atoms with Gasteiger partial charge in [0.25, 0.3) is 0 Å². The lowest BCUT2D eigenvalue weighted by Gasteiger charge is -1.97. The minimum Gasteiger partial charge on any atom is -0.304 e. The van der Waals surface area contributed by atoms with E-state index in [1.165, 1.54) is 0 Å². The smallest absolute Gasteiger partial charge is 0.0868 e. The molecule has 1 N–H and O–H groups in total.